The molecule has 0 aliphatic carbocycles. The Morgan fingerprint density at radius 1 is 1.32 bits per heavy atom. The van der Waals surface area contributed by atoms with Crippen molar-refractivity contribution in [3.8, 4) is 0 Å². The van der Waals surface area contributed by atoms with Gasteiger partial charge in [0.15, 0.2) is 0 Å². The third-order valence-electron chi connectivity index (χ3n) is 4.44. The Labute approximate surface area is 144 Å². The van der Waals surface area contributed by atoms with Crippen LogP contribution in [0, 0.1) is 10.1 Å². The molecule has 9 nitrogen and oxygen atoms in total. The lowest BCUT2D eigenvalue weighted by Crippen LogP contribution is -2.45. The van der Waals surface area contributed by atoms with E-state index in [-0.39, 0.29) is 17.6 Å². The number of nitrogens with zero attached hydrogens (tertiary/aromatic N) is 3. The molecule has 1 atom stereocenters. The first kappa shape index (κ1) is 16.9. The van der Waals surface area contributed by atoms with E-state index in [0.717, 1.165) is 0 Å². The normalized spacial score (nSPS) is 20.0. The Balaban J connectivity index is 1.95. The molecule has 1 aromatic carbocycles. The van der Waals surface area contributed by atoms with Crippen LogP contribution >= 0.6 is 0 Å². The molecule has 0 bridgehead atoms. The van der Waals surface area contributed by atoms with Gasteiger partial charge in [0.1, 0.15) is 0 Å². The maximum atomic E-state index is 12.8. The fourth-order valence-corrected chi connectivity index (χ4v) is 3.04. The van der Waals surface area contributed by atoms with E-state index in [4.69, 9.17) is 4.74 Å². The second-order valence-corrected chi connectivity index (χ2v) is 5.87. The van der Waals surface area contributed by atoms with Gasteiger partial charge in [-0.05, 0) is 17.7 Å². The summed E-state index contributed by atoms with van der Waals surface area (Å²) in [7, 11) is 3.18. The zero-order chi connectivity index (χ0) is 18.1. The number of non-ortho nitro benzene ring substituents is 1. The molecule has 1 N–H and O–H groups in total. The molecule has 3 rings (SSSR count). The topological polar surface area (TPSA) is 105 Å². The van der Waals surface area contributed by atoms with Crippen LogP contribution in [-0.4, -0.2) is 60.5 Å². The molecule has 0 saturated carbocycles. The van der Waals surface area contributed by atoms with Crippen molar-refractivity contribution in [3.63, 3.8) is 0 Å². The van der Waals surface area contributed by atoms with Crippen LogP contribution in [0.2, 0.25) is 0 Å². The van der Waals surface area contributed by atoms with Crippen molar-refractivity contribution in [1.82, 2.24) is 15.1 Å². The van der Waals surface area contributed by atoms with E-state index >= 15 is 0 Å². The predicted octanol–water partition coefficient (Wildman–Crippen LogP) is 1.03. The first-order chi connectivity index (χ1) is 11.9. The van der Waals surface area contributed by atoms with Gasteiger partial charge in [0.2, 0.25) is 0 Å². The lowest BCUT2D eigenvalue weighted by molar-refractivity contribution is -0.384. The van der Waals surface area contributed by atoms with Crippen LogP contribution in [-0.2, 0) is 9.53 Å². The molecule has 2 heterocycles. The van der Waals surface area contributed by atoms with Gasteiger partial charge >= 0.3 is 6.03 Å². The Kier molecular flexibility index (Phi) is 4.41. The number of carbonyl (C=O) groups is 2. The summed E-state index contributed by atoms with van der Waals surface area (Å²) in [6.45, 7) is 1.17. The van der Waals surface area contributed by atoms with E-state index in [2.05, 4.69) is 5.32 Å². The lowest BCUT2D eigenvalue weighted by atomic mass is 9.95. The number of ether oxygens (including phenoxy) is 1. The van der Waals surface area contributed by atoms with E-state index < -0.39 is 11.0 Å². The average Bonchev–Trinajstić information content (AvgIpc) is 2.93. The van der Waals surface area contributed by atoms with Crippen LogP contribution in [0.4, 0.5) is 10.5 Å². The zero-order valence-corrected chi connectivity index (χ0v) is 13.9. The maximum Gasteiger partial charge on any atom is 0.322 e. The number of urea groups is 1. The summed E-state index contributed by atoms with van der Waals surface area (Å²) in [5, 5.41) is 13.6. The number of rotatable bonds is 5. The van der Waals surface area contributed by atoms with E-state index in [1.807, 2.05) is 0 Å². The van der Waals surface area contributed by atoms with Gasteiger partial charge in [-0.2, -0.15) is 0 Å². The number of hydrogen-bond donors (Lipinski definition) is 1. The summed E-state index contributed by atoms with van der Waals surface area (Å²) in [5.74, 6) is -0.165. The fourth-order valence-electron chi connectivity index (χ4n) is 3.04. The van der Waals surface area contributed by atoms with Gasteiger partial charge in [-0.3, -0.25) is 19.8 Å². The quantitative estimate of drug-likeness (QED) is 0.633. The first-order valence-electron chi connectivity index (χ1n) is 7.74. The number of methoxy groups -OCH3 is 1. The summed E-state index contributed by atoms with van der Waals surface area (Å²) in [4.78, 5) is 38.4. The Morgan fingerprint density at radius 2 is 2.00 bits per heavy atom. The van der Waals surface area contributed by atoms with E-state index in [9.17, 15) is 19.7 Å². The minimum atomic E-state index is -0.625. The van der Waals surface area contributed by atoms with Gasteiger partial charge in [-0.15, -0.1) is 0 Å². The molecule has 0 spiro atoms. The summed E-state index contributed by atoms with van der Waals surface area (Å²) in [6, 6.07) is 4.90. The Hall–Kier alpha value is -2.94. The number of nitrogens with one attached hydrogen (secondary N) is 1. The molecule has 1 aromatic rings. The van der Waals surface area contributed by atoms with Crippen molar-refractivity contribution in [2.75, 3.05) is 33.9 Å². The zero-order valence-electron chi connectivity index (χ0n) is 13.9. The van der Waals surface area contributed by atoms with Crippen molar-refractivity contribution >= 4 is 17.6 Å². The lowest BCUT2D eigenvalue weighted by Gasteiger charge is -2.31. The highest BCUT2D eigenvalue weighted by atomic mass is 16.6. The van der Waals surface area contributed by atoms with Crippen LogP contribution in [0.15, 0.2) is 35.5 Å². The number of hydrogen-bond acceptors (Lipinski definition) is 5. The first-order valence-corrected chi connectivity index (χ1v) is 7.74. The SMILES string of the molecule is COCCN1CC2=C(C1=O)C(c1ccc([N+](=O)[O-])cc1)NC(=O)N2C. The molecule has 2 aliphatic rings. The standard InChI is InChI=1S/C16H18N4O5/c1-18-12-9-19(7-8-25-2)15(21)13(12)14(17-16(18)22)10-3-5-11(6-4-10)20(23)24/h3-6,14H,7-9H2,1-2H3,(H,17,22). The van der Waals surface area contributed by atoms with E-state index in [1.54, 1.807) is 31.2 Å². The molecule has 132 valence electrons. The van der Waals surface area contributed by atoms with Gasteiger partial charge in [-0.1, -0.05) is 0 Å². The minimum Gasteiger partial charge on any atom is -0.383 e. The number of likely N-dealkylation sites (N-methyl/N-ethyl adjacent to an activating group) is 1. The van der Waals surface area contributed by atoms with Crippen LogP contribution < -0.4 is 5.32 Å². The maximum absolute atomic E-state index is 12.8. The molecule has 2 aliphatic heterocycles. The summed E-state index contributed by atoms with van der Waals surface area (Å²) >= 11 is 0. The van der Waals surface area contributed by atoms with Gasteiger partial charge in [0, 0.05) is 32.8 Å². The number of amides is 3. The van der Waals surface area contributed by atoms with Crippen molar-refractivity contribution in [2.45, 2.75) is 6.04 Å². The van der Waals surface area contributed by atoms with Gasteiger partial charge < -0.3 is 15.0 Å². The highest BCUT2D eigenvalue weighted by molar-refractivity contribution is 6.01. The second-order valence-electron chi connectivity index (χ2n) is 5.87. The molecule has 1 unspecified atom stereocenters. The van der Waals surface area contributed by atoms with Crippen LogP contribution in [0.5, 0.6) is 0 Å². The summed E-state index contributed by atoms with van der Waals surface area (Å²) < 4.78 is 5.03. The van der Waals surface area contributed by atoms with Gasteiger partial charge in [0.05, 0.1) is 35.4 Å². The average molecular weight is 346 g/mol. The molecule has 0 fully saturated rings. The highest BCUT2D eigenvalue weighted by Crippen LogP contribution is 2.35. The van der Waals surface area contributed by atoms with Crippen LogP contribution in [0.1, 0.15) is 11.6 Å². The molecule has 3 amide bonds. The summed E-state index contributed by atoms with van der Waals surface area (Å²) in [5.41, 5.74) is 1.72. The molecular weight excluding hydrogens is 328 g/mol. The largest absolute Gasteiger partial charge is 0.383 e. The second kappa shape index (κ2) is 6.52. The fraction of sp³-hybridized carbons (Fsp3) is 0.375. The third-order valence-corrected chi connectivity index (χ3v) is 4.44. The van der Waals surface area contributed by atoms with Crippen LogP contribution in [0.3, 0.4) is 0 Å². The Morgan fingerprint density at radius 3 is 2.60 bits per heavy atom. The summed E-state index contributed by atoms with van der Waals surface area (Å²) in [6.07, 6.45) is 0. The molecule has 0 saturated heterocycles. The minimum absolute atomic E-state index is 0.0447. The van der Waals surface area contributed by atoms with Crippen LogP contribution in [0.25, 0.3) is 0 Å². The number of carbonyl (C=O) groups excluding carboxylic acids is 2. The van der Waals surface area contributed by atoms with Crippen molar-refractivity contribution in [1.29, 1.82) is 0 Å². The molecule has 9 heteroatoms. The Bertz CT molecular complexity index is 758. The van der Waals surface area contributed by atoms with Gasteiger partial charge in [0.25, 0.3) is 11.6 Å². The van der Waals surface area contributed by atoms with Crippen molar-refractivity contribution in [3.05, 3.63) is 51.2 Å². The van der Waals surface area contributed by atoms with E-state index in [1.165, 1.54) is 17.0 Å². The molecular formula is C16H18N4O5. The third kappa shape index (κ3) is 2.93. The monoisotopic (exact) mass is 346 g/mol. The van der Waals surface area contributed by atoms with E-state index in [0.29, 0.717) is 36.5 Å². The molecule has 0 aromatic heterocycles. The predicted molar refractivity (Wildman–Crippen MR) is 87.6 cm³/mol. The molecule has 0 radical (unpaired) electrons. The van der Waals surface area contributed by atoms with Gasteiger partial charge in [-0.25, -0.2) is 4.79 Å². The smallest absolute Gasteiger partial charge is 0.322 e. The number of benzene rings is 1. The highest BCUT2D eigenvalue weighted by Gasteiger charge is 2.42. The van der Waals surface area contributed by atoms with Crippen molar-refractivity contribution in [2.24, 2.45) is 0 Å². The number of nitro groups is 1. The van der Waals surface area contributed by atoms with Crippen molar-refractivity contribution < 1.29 is 19.2 Å². The molecule has 25 heavy (non-hydrogen) atoms. The number of nitro benzene ring substituents is 1.